The van der Waals surface area contributed by atoms with Crippen LogP contribution in [0.15, 0.2) is 66.9 Å². The SMILES string of the molecule is Cc1cccc(Cn2cccc2C[NH+](CCC(C)C)Cc2ccc(F)cc2)c1. The summed E-state index contributed by atoms with van der Waals surface area (Å²) < 4.78 is 15.6. The summed E-state index contributed by atoms with van der Waals surface area (Å²) in [5.41, 5.74) is 5.17. The summed E-state index contributed by atoms with van der Waals surface area (Å²) in [5, 5.41) is 0. The van der Waals surface area contributed by atoms with Gasteiger partial charge in [-0.25, -0.2) is 4.39 Å². The summed E-state index contributed by atoms with van der Waals surface area (Å²) in [4.78, 5) is 1.52. The van der Waals surface area contributed by atoms with Crippen molar-refractivity contribution in [2.24, 2.45) is 5.92 Å². The first-order chi connectivity index (χ1) is 13.5. The molecule has 1 heterocycles. The zero-order valence-corrected chi connectivity index (χ0v) is 17.3. The third-order valence-electron chi connectivity index (χ3n) is 5.23. The number of hydrogen-bond donors (Lipinski definition) is 1. The maximum atomic E-state index is 13.3. The van der Waals surface area contributed by atoms with E-state index in [9.17, 15) is 4.39 Å². The molecule has 0 saturated heterocycles. The number of rotatable bonds is 9. The van der Waals surface area contributed by atoms with Crippen LogP contribution in [0.25, 0.3) is 0 Å². The average molecular weight is 380 g/mol. The molecule has 0 aliphatic carbocycles. The van der Waals surface area contributed by atoms with Gasteiger partial charge in [0, 0.05) is 18.3 Å². The molecule has 2 nitrogen and oxygen atoms in total. The molecular formula is C25H32FN2+. The molecule has 1 N–H and O–H groups in total. The lowest BCUT2D eigenvalue weighted by molar-refractivity contribution is -0.928. The van der Waals surface area contributed by atoms with E-state index in [1.54, 1.807) is 12.1 Å². The van der Waals surface area contributed by atoms with Gasteiger partial charge in [-0.2, -0.15) is 0 Å². The molecule has 0 radical (unpaired) electrons. The number of quaternary nitrogens is 1. The number of hydrogen-bond acceptors (Lipinski definition) is 0. The van der Waals surface area contributed by atoms with Gasteiger partial charge >= 0.3 is 0 Å². The minimum Gasteiger partial charge on any atom is -0.342 e. The molecule has 1 atom stereocenters. The van der Waals surface area contributed by atoms with E-state index in [4.69, 9.17) is 0 Å². The van der Waals surface area contributed by atoms with Gasteiger partial charge in [0.2, 0.25) is 0 Å². The van der Waals surface area contributed by atoms with Crippen LogP contribution in [0.5, 0.6) is 0 Å². The second kappa shape index (κ2) is 9.70. The van der Waals surface area contributed by atoms with E-state index in [2.05, 4.69) is 67.9 Å². The first kappa shape index (κ1) is 20.3. The Hall–Kier alpha value is -2.39. The number of aryl methyl sites for hydroxylation is 1. The molecule has 0 fully saturated rings. The van der Waals surface area contributed by atoms with E-state index in [0.29, 0.717) is 5.92 Å². The van der Waals surface area contributed by atoms with E-state index < -0.39 is 0 Å². The highest BCUT2D eigenvalue weighted by Gasteiger charge is 2.14. The van der Waals surface area contributed by atoms with Crippen molar-refractivity contribution in [3.8, 4) is 0 Å². The lowest BCUT2D eigenvalue weighted by Crippen LogP contribution is -3.09. The molecule has 3 aromatic rings. The zero-order chi connectivity index (χ0) is 19.9. The Kier molecular flexibility index (Phi) is 7.05. The topological polar surface area (TPSA) is 9.37 Å². The summed E-state index contributed by atoms with van der Waals surface area (Å²) in [6, 6.07) is 20.0. The second-order valence-corrected chi connectivity index (χ2v) is 8.28. The highest BCUT2D eigenvalue weighted by Crippen LogP contribution is 2.10. The fraction of sp³-hybridized carbons (Fsp3) is 0.360. The summed E-state index contributed by atoms with van der Waals surface area (Å²) in [7, 11) is 0. The van der Waals surface area contributed by atoms with Crippen molar-refractivity contribution in [1.82, 2.24) is 4.57 Å². The predicted molar refractivity (Wildman–Crippen MR) is 114 cm³/mol. The maximum Gasteiger partial charge on any atom is 0.123 e. The van der Waals surface area contributed by atoms with Gasteiger partial charge in [-0.1, -0.05) is 55.8 Å². The Morgan fingerprint density at radius 2 is 1.71 bits per heavy atom. The fourth-order valence-electron chi connectivity index (χ4n) is 3.65. The molecule has 0 saturated carbocycles. The Bertz CT molecular complexity index is 864. The van der Waals surface area contributed by atoms with E-state index in [1.807, 2.05) is 12.1 Å². The van der Waals surface area contributed by atoms with Crippen molar-refractivity contribution in [3.63, 3.8) is 0 Å². The molecule has 28 heavy (non-hydrogen) atoms. The third-order valence-corrected chi connectivity index (χ3v) is 5.23. The van der Waals surface area contributed by atoms with Crippen LogP contribution in [0.2, 0.25) is 0 Å². The quantitative estimate of drug-likeness (QED) is 0.556. The maximum absolute atomic E-state index is 13.3. The van der Waals surface area contributed by atoms with Gasteiger partial charge in [-0.05, 0) is 49.1 Å². The zero-order valence-electron chi connectivity index (χ0n) is 17.3. The lowest BCUT2D eigenvalue weighted by Gasteiger charge is -2.22. The summed E-state index contributed by atoms with van der Waals surface area (Å²) in [6.07, 6.45) is 3.37. The molecule has 1 aromatic heterocycles. The molecule has 0 aliphatic rings. The minimum atomic E-state index is -0.167. The number of benzene rings is 2. The average Bonchev–Trinajstić information content (AvgIpc) is 3.08. The molecule has 3 rings (SSSR count). The van der Waals surface area contributed by atoms with Crippen LogP contribution in [0.1, 0.15) is 42.7 Å². The molecule has 0 bridgehead atoms. The van der Waals surface area contributed by atoms with Crippen LogP contribution in [0, 0.1) is 18.7 Å². The number of nitrogens with one attached hydrogen (secondary N) is 1. The summed E-state index contributed by atoms with van der Waals surface area (Å²) >= 11 is 0. The van der Waals surface area contributed by atoms with E-state index in [-0.39, 0.29) is 5.82 Å². The lowest BCUT2D eigenvalue weighted by atomic mass is 10.1. The van der Waals surface area contributed by atoms with Gasteiger partial charge in [0.1, 0.15) is 18.9 Å². The smallest absolute Gasteiger partial charge is 0.123 e. The first-order valence-electron chi connectivity index (χ1n) is 10.3. The van der Waals surface area contributed by atoms with E-state index >= 15 is 0 Å². The molecule has 2 aromatic carbocycles. The van der Waals surface area contributed by atoms with E-state index in [1.165, 1.54) is 33.7 Å². The molecule has 0 spiro atoms. The number of nitrogens with zero attached hydrogens (tertiary/aromatic N) is 1. The van der Waals surface area contributed by atoms with Gasteiger partial charge in [-0.15, -0.1) is 0 Å². The Labute approximate surface area is 168 Å². The van der Waals surface area contributed by atoms with Crippen molar-refractivity contribution in [1.29, 1.82) is 0 Å². The van der Waals surface area contributed by atoms with Crippen LogP contribution >= 0.6 is 0 Å². The summed E-state index contributed by atoms with van der Waals surface area (Å²) in [6.45, 7) is 10.6. The van der Waals surface area contributed by atoms with Crippen molar-refractivity contribution in [3.05, 3.63) is 95.1 Å². The van der Waals surface area contributed by atoms with Gasteiger partial charge < -0.3 is 9.47 Å². The van der Waals surface area contributed by atoms with Crippen molar-refractivity contribution in [2.45, 2.75) is 46.8 Å². The van der Waals surface area contributed by atoms with Crippen LogP contribution in [0.4, 0.5) is 4.39 Å². The van der Waals surface area contributed by atoms with Crippen LogP contribution in [-0.2, 0) is 19.6 Å². The van der Waals surface area contributed by atoms with Crippen LogP contribution in [0.3, 0.4) is 0 Å². The normalized spacial score (nSPS) is 12.5. The number of halogens is 1. The fourth-order valence-corrected chi connectivity index (χ4v) is 3.65. The van der Waals surface area contributed by atoms with Crippen LogP contribution in [-0.4, -0.2) is 11.1 Å². The minimum absolute atomic E-state index is 0.167. The molecule has 148 valence electrons. The predicted octanol–water partition coefficient (Wildman–Crippen LogP) is 4.62. The highest BCUT2D eigenvalue weighted by atomic mass is 19.1. The van der Waals surface area contributed by atoms with Gasteiger partial charge in [0.15, 0.2) is 0 Å². The molecule has 1 unspecified atom stereocenters. The van der Waals surface area contributed by atoms with Gasteiger partial charge in [0.25, 0.3) is 0 Å². The van der Waals surface area contributed by atoms with Crippen molar-refractivity contribution in [2.75, 3.05) is 6.54 Å². The Morgan fingerprint density at radius 3 is 2.43 bits per heavy atom. The van der Waals surface area contributed by atoms with Crippen molar-refractivity contribution < 1.29 is 9.29 Å². The van der Waals surface area contributed by atoms with E-state index in [0.717, 1.165) is 26.2 Å². The highest BCUT2D eigenvalue weighted by molar-refractivity contribution is 5.23. The standard InChI is InChI=1S/C25H31FN2/c1-20(2)13-15-27(17-22-9-11-24(26)12-10-22)19-25-8-5-14-28(25)18-23-7-4-6-21(3)16-23/h4-12,14,16,20H,13,15,17-19H2,1-3H3/p+1. The molecule has 0 amide bonds. The molecule has 3 heteroatoms. The molecular weight excluding hydrogens is 347 g/mol. The largest absolute Gasteiger partial charge is 0.342 e. The molecule has 0 aliphatic heterocycles. The number of aromatic nitrogens is 1. The van der Waals surface area contributed by atoms with Gasteiger partial charge in [-0.3, -0.25) is 0 Å². The third kappa shape index (κ3) is 6.07. The first-order valence-corrected chi connectivity index (χ1v) is 10.3. The second-order valence-electron chi connectivity index (χ2n) is 8.28. The Balaban J connectivity index is 1.73. The summed E-state index contributed by atoms with van der Waals surface area (Å²) in [5.74, 6) is 0.516. The Morgan fingerprint density at radius 1 is 0.929 bits per heavy atom. The van der Waals surface area contributed by atoms with Gasteiger partial charge in [0.05, 0.1) is 12.2 Å². The van der Waals surface area contributed by atoms with Crippen molar-refractivity contribution >= 4 is 0 Å². The monoisotopic (exact) mass is 379 g/mol. The van der Waals surface area contributed by atoms with Crippen LogP contribution < -0.4 is 4.90 Å².